The van der Waals surface area contributed by atoms with Gasteiger partial charge in [-0.1, -0.05) is 24.3 Å². The molecule has 41 heavy (non-hydrogen) atoms. The Morgan fingerprint density at radius 3 is 1.24 bits per heavy atom. The highest BCUT2D eigenvalue weighted by atomic mass is 32.2. The second-order valence-corrected chi connectivity index (χ2v) is 9.30. The molecule has 0 amide bonds. The van der Waals surface area contributed by atoms with Gasteiger partial charge >= 0.3 is 0 Å². The molecule has 2 aromatic carbocycles. The van der Waals surface area contributed by atoms with Crippen molar-refractivity contribution in [2.24, 2.45) is 0 Å². The number of anilines is 2. The van der Waals surface area contributed by atoms with Gasteiger partial charge in [0.2, 0.25) is 0 Å². The molecule has 2 heterocycles. The van der Waals surface area contributed by atoms with Crippen molar-refractivity contribution < 1.29 is 9.47 Å². The molecule has 0 unspecified atom stereocenters. The second kappa shape index (κ2) is 12.4. The first-order chi connectivity index (χ1) is 19.9. The van der Waals surface area contributed by atoms with Crippen LogP contribution in [0.5, 0.6) is 11.5 Å². The highest BCUT2D eigenvalue weighted by molar-refractivity contribution is 7.99. The van der Waals surface area contributed by atoms with Crippen molar-refractivity contribution in [1.29, 1.82) is 21.0 Å². The number of benzene rings is 2. The molecule has 0 aliphatic rings. The van der Waals surface area contributed by atoms with E-state index in [1.165, 1.54) is 0 Å². The monoisotopic (exact) mass is 558 g/mol. The molecule has 0 radical (unpaired) electrons. The molecule has 11 heteroatoms. The van der Waals surface area contributed by atoms with Crippen LogP contribution < -0.4 is 20.9 Å². The summed E-state index contributed by atoms with van der Waals surface area (Å²) < 4.78 is 11.0. The molecule has 0 saturated heterocycles. The Kier molecular flexibility index (Phi) is 8.55. The molecule has 0 atom stereocenters. The van der Waals surface area contributed by atoms with E-state index in [9.17, 15) is 21.0 Å². The zero-order valence-electron chi connectivity index (χ0n) is 22.1. The summed E-state index contributed by atoms with van der Waals surface area (Å²) >= 11 is 0.902. The van der Waals surface area contributed by atoms with Crippen molar-refractivity contribution in [3.05, 3.63) is 70.8 Å². The van der Waals surface area contributed by atoms with Gasteiger partial charge in [-0.05, 0) is 61.0 Å². The van der Waals surface area contributed by atoms with Crippen LogP contribution >= 0.6 is 11.8 Å². The van der Waals surface area contributed by atoms with E-state index in [2.05, 4.69) is 22.1 Å². The molecule has 0 bridgehead atoms. The molecule has 2 aromatic heterocycles. The fourth-order valence-corrected chi connectivity index (χ4v) is 5.15. The van der Waals surface area contributed by atoms with E-state index in [1.54, 1.807) is 48.5 Å². The Morgan fingerprint density at radius 1 is 0.610 bits per heavy atom. The summed E-state index contributed by atoms with van der Waals surface area (Å²) in [6.45, 7) is 4.69. The summed E-state index contributed by atoms with van der Waals surface area (Å²) in [5.41, 5.74) is 14.3. The molecule has 200 valence electrons. The minimum Gasteiger partial charge on any atom is -0.494 e. The fourth-order valence-electron chi connectivity index (χ4n) is 4.18. The van der Waals surface area contributed by atoms with E-state index in [1.807, 2.05) is 26.0 Å². The maximum atomic E-state index is 10.2. The Labute approximate surface area is 241 Å². The number of nitrogens with zero attached hydrogens (tertiary/aromatic N) is 6. The molecule has 4 N–H and O–H groups in total. The molecule has 4 aromatic rings. The number of nitrogens with two attached hydrogens (primary N) is 2. The van der Waals surface area contributed by atoms with Gasteiger partial charge in [0.25, 0.3) is 0 Å². The number of aromatic nitrogens is 2. The molecular formula is C30H22N8O2S. The minimum absolute atomic E-state index is 0.0398. The first-order valence-corrected chi connectivity index (χ1v) is 13.1. The number of nitrogen functional groups attached to an aromatic ring is 2. The zero-order chi connectivity index (χ0) is 29.5. The van der Waals surface area contributed by atoms with Crippen molar-refractivity contribution in [3.63, 3.8) is 0 Å². The lowest BCUT2D eigenvalue weighted by molar-refractivity contribution is 0.340. The van der Waals surface area contributed by atoms with E-state index in [-0.39, 0.29) is 43.9 Å². The van der Waals surface area contributed by atoms with Crippen molar-refractivity contribution in [2.75, 3.05) is 24.7 Å². The van der Waals surface area contributed by atoms with Crippen LogP contribution in [-0.2, 0) is 0 Å². The first-order valence-electron chi connectivity index (χ1n) is 12.3. The van der Waals surface area contributed by atoms with Crippen LogP contribution in [0, 0.1) is 45.3 Å². The molecule has 0 saturated carbocycles. The summed E-state index contributed by atoms with van der Waals surface area (Å²) in [5.74, 6) is 1.07. The van der Waals surface area contributed by atoms with Crippen molar-refractivity contribution in [1.82, 2.24) is 9.97 Å². The highest BCUT2D eigenvalue weighted by Gasteiger charge is 2.25. The van der Waals surface area contributed by atoms with E-state index in [4.69, 9.17) is 20.9 Å². The predicted molar refractivity (Wildman–Crippen MR) is 153 cm³/mol. The number of hydrogen-bond acceptors (Lipinski definition) is 11. The molecule has 0 aliphatic heterocycles. The zero-order valence-corrected chi connectivity index (χ0v) is 22.9. The van der Waals surface area contributed by atoms with Crippen LogP contribution in [-0.4, -0.2) is 23.2 Å². The normalized spacial score (nSPS) is 10.1. The smallest absolute Gasteiger partial charge is 0.143 e. The van der Waals surface area contributed by atoms with Crippen LogP contribution in [0.25, 0.3) is 22.3 Å². The van der Waals surface area contributed by atoms with Crippen LogP contribution in [0.15, 0.2) is 58.6 Å². The number of pyridine rings is 2. The molecule has 0 fully saturated rings. The summed E-state index contributed by atoms with van der Waals surface area (Å²) in [5, 5.41) is 40.4. The standard InChI is InChI=1S/C30H22N8O2S/c1-3-39-19-9-5-17(6-10-19)25-21(13-31)27(35)37-29(23(25)15-33)41-30-24(16-34)26(22(14-32)28(36)38-30)18-7-11-20(12-8-18)40-4-2/h5-12H,3-4H2,1-2H3,(H2,35,37)(H2,36,38). The van der Waals surface area contributed by atoms with Gasteiger partial charge in [-0.3, -0.25) is 0 Å². The van der Waals surface area contributed by atoms with E-state index in [0.717, 1.165) is 11.8 Å². The Morgan fingerprint density at radius 2 is 0.951 bits per heavy atom. The van der Waals surface area contributed by atoms with Crippen LogP contribution in [0.2, 0.25) is 0 Å². The summed E-state index contributed by atoms with van der Waals surface area (Å²) in [7, 11) is 0. The quantitative estimate of drug-likeness (QED) is 0.281. The van der Waals surface area contributed by atoms with Gasteiger partial charge in [0.05, 0.1) is 24.3 Å². The number of hydrogen-bond donors (Lipinski definition) is 2. The van der Waals surface area contributed by atoms with Crippen molar-refractivity contribution in [2.45, 2.75) is 23.9 Å². The summed E-state index contributed by atoms with van der Waals surface area (Å²) in [4.78, 5) is 8.65. The average molecular weight is 559 g/mol. The van der Waals surface area contributed by atoms with E-state index < -0.39 is 0 Å². The molecular weight excluding hydrogens is 536 g/mol. The third kappa shape index (κ3) is 5.53. The lowest BCUT2D eigenvalue weighted by Crippen LogP contribution is -2.06. The van der Waals surface area contributed by atoms with E-state index >= 15 is 0 Å². The lowest BCUT2D eigenvalue weighted by atomic mass is 9.96. The Bertz CT molecular complexity index is 1660. The first kappa shape index (κ1) is 28.3. The molecule has 0 spiro atoms. The van der Waals surface area contributed by atoms with Gasteiger partial charge in [-0.15, -0.1) is 0 Å². The molecule has 10 nitrogen and oxygen atoms in total. The van der Waals surface area contributed by atoms with Gasteiger partial charge in [0.1, 0.15) is 68.6 Å². The van der Waals surface area contributed by atoms with Gasteiger partial charge in [0, 0.05) is 11.1 Å². The van der Waals surface area contributed by atoms with E-state index in [0.29, 0.717) is 47.0 Å². The maximum Gasteiger partial charge on any atom is 0.143 e. The number of rotatable bonds is 8. The second-order valence-electron chi connectivity index (χ2n) is 8.32. The SMILES string of the molecule is CCOc1ccc(-c2c(C#N)c(N)nc(Sc3nc(N)c(C#N)c(-c4ccc(OCC)cc4)c3C#N)c2C#N)cc1. The summed E-state index contributed by atoms with van der Waals surface area (Å²) in [6.07, 6.45) is 0. The topological polar surface area (TPSA) is 191 Å². The fraction of sp³-hybridized carbons (Fsp3) is 0.133. The highest BCUT2D eigenvalue weighted by Crippen LogP contribution is 2.42. The van der Waals surface area contributed by atoms with Gasteiger partial charge in [-0.2, -0.15) is 21.0 Å². The van der Waals surface area contributed by atoms with Crippen LogP contribution in [0.1, 0.15) is 36.1 Å². The number of nitriles is 4. The van der Waals surface area contributed by atoms with Crippen molar-refractivity contribution >= 4 is 23.4 Å². The Balaban J connectivity index is 1.92. The van der Waals surface area contributed by atoms with Gasteiger partial charge in [-0.25, -0.2) is 9.97 Å². The molecule has 4 rings (SSSR count). The molecule has 0 aliphatic carbocycles. The third-order valence-corrected chi connectivity index (χ3v) is 6.91. The van der Waals surface area contributed by atoms with Gasteiger partial charge in [0.15, 0.2) is 0 Å². The maximum absolute atomic E-state index is 10.2. The average Bonchev–Trinajstić information content (AvgIpc) is 2.98. The predicted octanol–water partition coefficient (Wildman–Crippen LogP) is 5.41. The third-order valence-electron chi connectivity index (χ3n) is 5.93. The summed E-state index contributed by atoms with van der Waals surface area (Å²) in [6, 6.07) is 22.1. The van der Waals surface area contributed by atoms with Crippen molar-refractivity contribution in [3.8, 4) is 58.0 Å². The Hall–Kier alpha value is -5.75. The lowest BCUT2D eigenvalue weighted by Gasteiger charge is -2.16. The van der Waals surface area contributed by atoms with Crippen LogP contribution in [0.3, 0.4) is 0 Å². The minimum atomic E-state index is -0.0928. The van der Waals surface area contributed by atoms with Crippen LogP contribution in [0.4, 0.5) is 11.6 Å². The number of ether oxygens (including phenoxy) is 2. The van der Waals surface area contributed by atoms with Gasteiger partial charge < -0.3 is 20.9 Å². The largest absolute Gasteiger partial charge is 0.494 e.